The molecule has 0 atom stereocenters. The van der Waals surface area contributed by atoms with Crippen LogP contribution in [0.5, 0.6) is 0 Å². The zero-order valence-corrected chi connectivity index (χ0v) is 27.3. The molecule has 0 aliphatic heterocycles. The standard InChI is InChI=1S/C42H26N2SSe/c1-2-11-27(12-3-1)44-36-17-7-4-13-30(36)31-23-21-29(26-38(31)44)43(28-22-24-41-35(25-28)33-15-6-9-20-40(33)46-41)37-18-10-16-34-32-14-5-8-19-39(32)45-42(34)37/h1-26H. The Labute approximate surface area is 275 Å². The number of nitrogens with zero attached hydrogens (tertiary/aromatic N) is 2. The van der Waals surface area contributed by atoms with Crippen LogP contribution in [-0.4, -0.2) is 19.1 Å². The summed E-state index contributed by atoms with van der Waals surface area (Å²) in [6, 6.07) is 58.1. The predicted octanol–water partition coefficient (Wildman–Crippen LogP) is 12.0. The SMILES string of the molecule is c1ccc(-n2c3ccccc3c3ccc(N(c4ccc5[se]c6ccccc6c5c4)c4cccc5c4sc4ccccc45)cc32)cc1. The molecular formula is C42H26N2SSe. The minimum atomic E-state index is 0.330. The van der Waals surface area contributed by atoms with E-state index < -0.39 is 0 Å². The van der Waals surface area contributed by atoms with Gasteiger partial charge in [-0.05, 0) is 0 Å². The predicted molar refractivity (Wildman–Crippen MR) is 200 cm³/mol. The van der Waals surface area contributed by atoms with Crippen LogP contribution in [0.4, 0.5) is 17.1 Å². The van der Waals surface area contributed by atoms with Crippen molar-refractivity contribution < 1.29 is 0 Å². The Morgan fingerprint density at radius 3 is 2.04 bits per heavy atom. The second kappa shape index (κ2) is 10.2. The van der Waals surface area contributed by atoms with Gasteiger partial charge in [-0.3, -0.25) is 0 Å². The second-order valence-electron chi connectivity index (χ2n) is 11.8. The average Bonchev–Trinajstić information content (AvgIpc) is 3.78. The summed E-state index contributed by atoms with van der Waals surface area (Å²) < 4.78 is 7.95. The molecule has 0 saturated heterocycles. The third-order valence-electron chi connectivity index (χ3n) is 9.17. The fraction of sp³-hybridized carbons (Fsp3) is 0. The maximum atomic E-state index is 2.48. The van der Waals surface area contributed by atoms with E-state index in [9.17, 15) is 0 Å². The molecule has 46 heavy (non-hydrogen) atoms. The van der Waals surface area contributed by atoms with E-state index in [1.807, 2.05) is 11.3 Å². The molecule has 0 unspecified atom stereocenters. The molecular weight excluding hydrogens is 644 g/mol. The number of thiophene rings is 1. The topological polar surface area (TPSA) is 8.17 Å². The van der Waals surface area contributed by atoms with Crippen LogP contribution in [-0.2, 0) is 0 Å². The number of hydrogen-bond donors (Lipinski definition) is 0. The molecule has 10 aromatic rings. The van der Waals surface area contributed by atoms with Gasteiger partial charge in [0.25, 0.3) is 0 Å². The van der Waals surface area contributed by atoms with Gasteiger partial charge in [-0.2, -0.15) is 0 Å². The summed E-state index contributed by atoms with van der Waals surface area (Å²) in [5.41, 5.74) is 7.12. The Morgan fingerprint density at radius 2 is 1.13 bits per heavy atom. The Balaban J connectivity index is 1.29. The monoisotopic (exact) mass is 670 g/mol. The van der Waals surface area contributed by atoms with Crippen molar-refractivity contribution in [3.05, 3.63) is 158 Å². The van der Waals surface area contributed by atoms with Gasteiger partial charge in [0.15, 0.2) is 0 Å². The second-order valence-corrected chi connectivity index (χ2v) is 15.1. The fourth-order valence-electron chi connectivity index (χ4n) is 7.14. The molecule has 4 heteroatoms. The van der Waals surface area contributed by atoms with Crippen LogP contribution >= 0.6 is 11.3 Å². The van der Waals surface area contributed by atoms with Crippen LogP contribution in [0.2, 0.25) is 0 Å². The summed E-state index contributed by atoms with van der Waals surface area (Å²) >= 11 is 2.21. The normalized spacial score (nSPS) is 11.9. The number of para-hydroxylation sites is 2. The minimum absolute atomic E-state index is 0.330. The van der Waals surface area contributed by atoms with Crippen LogP contribution in [0, 0.1) is 0 Å². The van der Waals surface area contributed by atoms with Gasteiger partial charge >= 0.3 is 271 Å². The summed E-state index contributed by atoms with van der Waals surface area (Å²) in [5, 5.41) is 7.88. The van der Waals surface area contributed by atoms with Crippen molar-refractivity contribution in [2.45, 2.75) is 0 Å². The van der Waals surface area contributed by atoms with Crippen LogP contribution in [0.3, 0.4) is 0 Å². The molecule has 2 nitrogen and oxygen atoms in total. The average molecular weight is 670 g/mol. The number of hydrogen-bond acceptors (Lipinski definition) is 2. The molecule has 216 valence electrons. The Bertz CT molecular complexity index is 2770. The summed E-state index contributed by atoms with van der Waals surface area (Å²) in [4.78, 5) is 2.48. The molecule has 0 fully saturated rings. The molecule has 0 bridgehead atoms. The molecule has 10 rings (SSSR count). The van der Waals surface area contributed by atoms with Gasteiger partial charge in [-0.25, -0.2) is 0 Å². The van der Waals surface area contributed by atoms with Gasteiger partial charge in [0, 0.05) is 0 Å². The first-order valence-corrected chi connectivity index (χ1v) is 18.1. The summed E-state index contributed by atoms with van der Waals surface area (Å²) in [6.45, 7) is 0. The summed E-state index contributed by atoms with van der Waals surface area (Å²) in [7, 11) is 0. The van der Waals surface area contributed by atoms with Crippen molar-refractivity contribution >= 4 is 104 Å². The van der Waals surface area contributed by atoms with Crippen molar-refractivity contribution in [3.63, 3.8) is 0 Å². The number of fused-ring (bicyclic) bond motifs is 9. The summed E-state index contributed by atoms with van der Waals surface area (Å²) in [6.07, 6.45) is 0. The number of rotatable bonds is 4. The van der Waals surface area contributed by atoms with Crippen molar-refractivity contribution in [2.24, 2.45) is 0 Å². The van der Waals surface area contributed by atoms with E-state index in [0.717, 1.165) is 5.69 Å². The number of anilines is 3. The molecule has 7 aromatic carbocycles. The molecule has 0 N–H and O–H groups in total. The Morgan fingerprint density at radius 1 is 0.457 bits per heavy atom. The first-order chi connectivity index (χ1) is 22.8. The van der Waals surface area contributed by atoms with E-state index in [4.69, 9.17) is 0 Å². The van der Waals surface area contributed by atoms with Crippen molar-refractivity contribution in [1.82, 2.24) is 4.57 Å². The van der Waals surface area contributed by atoms with Crippen LogP contribution in [0.15, 0.2) is 158 Å². The van der Waals surface area contributed by atoms with E-state index in [-0.39, 0.29) is 0 Å². The third-order valence-corrected chi connectivity index (χ3v) is 12.8. The van der Waals surface area contributed by atoms with E-state index in [2.05, 4.69) is 167 Å². The van der Waals surface area contributed by atoms with E-state index in [1.54, 1.807) is 0 Å². The number of benzene rings is 7. The molecule has 0 saturated carbocycles. The molecule has 0 spiro atoms. The first kappa shape index (κ1) is 26.1. The number of aromatic nitrogens is 1. The third kappa shape index (κ3) is 3.88. The molecule has 0 aliphatic carbocycles. The molecule has 3 aromatic heterocycles. The van der Waals surface area contributed by atoms with Crippen molar-refractivity contribution in [3.8, 4) is 5.69 Å². The van der Waals surface area contributed by atoms with Crippen LogP contribution in [0.1, 0.15) is 0 Å². The quantitative estimate of drug-likeness (QED) is 0.169. The van der Waals surface area contributed by atoms with Gasteiger partial charge in [0.2, 0.25) is 0 Å². The molecule has 0 amide bonds. The van der Waals surface area contributed by atoms with Crippen molar-refractivity contribution in [2.75, 3.05) is 4.90 Å². The molecule has 0 radical (unpaired) electrons. The zero-order chi connectivity index (χ0) is 30.2. The fourth-order valence-corrected chi connectivity index (χ4v) is 10.6. The van der Waals surface area contributed by atoms with Gasteiger partial charge in [-0.1, -0.05) is 6.07 Å². The van der Waals surface area contributed by atoms with E-state index >= 15 is 0 Å². The first-order valence-electron chi connectivity index (χ1n) is 15.5. The Kier molecular flexibility index (Phi) is 5.79. The molecule has 3 heterocycles. The van der Waals surface area contributed by atoms with E-state index in [1.165, 1.54) is 78.3 Å². The van der Waals surface area contributed by atoms with Gasteiger partial charge in [-0.15, -0.1) is 0 Å². The van der Waals surface area contributed by atoms with Gasteiger partial charge in [0.1, 0.15) is 0 Å². The van der Waals surface area contributed by atoms with Crippen LogP contribution < -0.4 is 4.90 Å². The molecule has 0 aliphatic rings. The van der Waals surface area contributed by atoms with E-state index in [0.29, 0.717) is 14.5 Å². The maximum absolute atomic E-state index is 2.48. The zero-order valence-electron chi connectivity index (χ0n) is 24.7. The Hall–Kier alpha value is -5.12. The van der Waals surface area contributed by atoms with Crippen LogP contribution in [0.25, 0.3) is 67.0 Å². The van der Waals surface area contributed by atoms with Gasteiger partial charge < -0.3 is 0 Å². The summed E-state index contributed by atoms with van der Waals surface area (Å²) in [5.74, 6) is 0. The van der Waals surface area contributed by atoms with Gasteiger partial charge in [0.05, 0.1) is 0 Å². The van der Waals surface area contributed by atoms with Crippen molar-refractivity contribution in [1.29, 1.82) is 0 Å².